The van der Waals surface area contributed by atoms with Crippen LogP contribution >= 0.6 is 0 Å². The normalized spacial score (nSPS) is 17.2. The van der Waals surface area contributed by atoms with E-state index in [4.69, 9.17) is 17.5 Å². The number of Topliss-reactive ketones (excluding diaryl/α,β-unsaturated/α-hetero) is 1. The zero-order valence-corrected chi connectivity index (χ0v) is 15.7. The van der Waals surface area contributed by atoms with Gasteiger partial charge in [-0.05, 0) is 12.8 Å². The molecular weight excluding hydrogens is 339 g/mol. The Bertz CT molecular complexity index is 525. The third-order valence-corrected chi connectivity index (χ3v) is 4.11. The molecule has 0 aromatic heterocycles. The van der Waals surface area contributed by atoms with E-state index in [1.54, 1.807) is 0 Å². The standard InChI is InChI=1S/C17H27BN2O6/c1-12(2)14-10-16(23)19(17(14)24)5-4-15(22)20(18)6-7-25-8-9-26-11-13(3)21/h12,14H,4-11H2,1-3H3. The number of carbonyl (C=O) groups is 4. The Morgan fingerprint density at radius 2 is 1.88 bits per heavy atom. The number of amides is 3. The highest BCUT2D eigenvalue weighted by Gasteiger charge is 2.39. The van der Waals surface area contributed by atoms with Crippen LogP contribution in [-0.4, -0.2) is 80.7 Å². The van der Waals surface area contributed by atoms with Crippen molar-refractivity contribution in [3.05, 3.63) is 0 Å². The molecule has 0 N–H and O–H groups in total. The van der Waals surface area contributed by atoms with Gasteiger partial charge in [-0.25, -0.2) is 0 Å². The molecule has 0 saturated carbocycles. The summed E-state index contributed by atoms with van der Waals surface area (Å²) in [5.74, 6) is -1.08. The van der Waals surface area contributed by atoms with Gasteiger partial charge in [-0.1, -0.05) is 13.8 Å². The molecule has 0 aliphatic carbocycles. The molecule has 0 aromatic rings. The van der Waals surface area contributed by atoms with Crippen LogP contribution in [0.15, 0.2) is 0 Å². The van der Waals surface area contributed by atoms with Crippen molar-refractivity contribution in [2.45, 2.75) is 33.6 Å². The first kappa shape index (κ1) is 22.3. The van der Waals surface area contributed by atoms with Crippen LogP contribution in [0.25, 0.3) is 0 Å². The van der Waals surface area contributed by atoms with Gasteiger partial charge < -0.3 is 14.3 Å². The van der Waals surface area contributed by atoms with Crippen LogP contribution in [0.1, 0.15) is 33.6 Å². The van der Waals surface area contributed by atoms with E-state index in [9.17, 15) is 19.2 Å². The van der Waals surface area contributed by atoms with Crippen molar-refractivity contribution < 1.29 is 28.7 Å². The van der Waals surface area contributed by atoms with Crippen LogP contribution in [0.4, 0.5) is 0 Å². The van der Waals surface area contributed by atoms with E-state index in [1.165, 1.54) is 6.92 Å². The summed E-state index contributed by atoms with van der Waals surface area (Å²) in [6.07, 6.45) is 0.192. The smallest absolute Gasteiger partial charge is 0.233 e. The second-order valence-corrected chi connectivity index (χ2v) is 6.64. The van der Waals surface area contributed by atoms with Crippen molar-refractivity contribution in [2.24, 2.45) is 11.8 Å². The molecule has 1 fully saturated rings. The first-order chi connectivity index (χ1) is 12.2. The molecule has 9 heteroatoms. The molecule has 1 aliphatic heterocycles. The number of ketones is 1. The maximum absolute atomic E-state index is 12.2. The molecule has 0 aromatic carbocycles. The maximum Gasteiger partial charge on any atom is 0.233 e. The highest BCUT2D eigenvalue weighted by molar-refractivity contribution is 6.14. The van der Waals surface area contributed by atoms with Crippen molar-refractivity contribution in [1.82, 2.24) is 9.71 Å². The molecular formula is C17H27BN2O6. The fourth-order valence-electron chi connectivity index (χ4n) is 2.54. The molecule has 0 bridgehead atoms. The molecule has 8 nitrogen and oxygen atoms in total. The number of carbonyl (C=O) groups excluding carboxylic acids is 4. The molecule has 1 saturated heterocycles. The zero-order valence-electron chi connectivity index (χ0n) is 15.7. The van der Waals surface area contributed by atoms with Crippen LogP contribution < -0.4 is 0 Å². The molecule has 2 radical (unpaired) electrons. The van der Waals surface area contributed by atoms with E-state index < -0.39 is 0 Å². The first-order valence-corrected chi connectivity index (χ1v) is 8.78. The second-order valence-electron chi connectivity index (χ2n) is 6.64. The molecule has 1 heterocycles. The highest BCUT2D eigenvalue weighted by atomic mass is 16.5. The summed E-state index contributed by atoms with van der Waals surface area (Å²) >= 11 is 0. The van der Waals surface area contributed by atoms with Gasteiger partial charge in [-0.3, -0.25) is 24.1 Å². The minimum Gasteiger partial charge on any atom is -0.394 e. The largest absolute Gasteiger partial charge is 0.394 e. The fraction of sp³-hybridized carbons (Fsp3) is 0.765. The number of nitrogens with zero attached hydrogens (tertiary/aromatic N) is 2. The van der Waals surface area contributed by atoms with E-state index in [2.05, 4.69) is 0 Å². The topological polar surface area (TPSA) is 93.2 Å². The van der Waals surface area contributed by atoms with Crippen LogP contribution in [0, 0.1) is 11.8 Å². The van der Waals surface area contributed by atoms with E-state index in [1.807, 2.05) is 13.8 Å². The number of hydrogen-bond donors (Lipinski definition) is 0. The Hall–Kier alpha value is -1.74. The van der Waals surface area contributed by atoms with Crippen molar-refractivity contribution in [1.29, 1.82) is 0 Å². The van der Waals surface area contributed by atoms with E-state index in [0.717, 1.165) is 9.71 Å². The summed E-state index contributed by atoms with van der Waals surface area (Å²) in [4.78, 5) is 48.9. The van der Waals surface area contributed by atoms with Gasteiger partial charge >= 0.3 is 0 Å². The van der Waals surface area contributed by atoms with Gasteiger partial charge in [0.1, 0.15) is 6.61 Å². The van der Waals surface area contributed by atoms with Crippen LogP contribution in [0.2, 0.25) is 0 Å². The lowest BCUT2D eigenvalue weighted by Gasteiger charge is -2.20. The SMILES string of the molecule is [B]N(CCOCCOCC(C)=O)C(=O)CCN1C(=O)CC(C(C)C)C1=O. The highest BCUT2D eigenvalue weighted by Crippen LogP contribution is 2.26. The van der Waals surface area contributed by atoms with Crippen LogP contribution in [-0.2, 0) is 28.7 Å². The zero-order chi connectivity index (χ0) is 19.7. The van der Waals surface area contributed by atoms with E-state index in [-0.39, 0.29) is 81.1 Å². The summed E-state index contributed by atoms with van der Waals surface area (Å²) in [6, 6.07) is 0. The Labute approximate surface area is 155 Å². The van der Waals surface area contributed by atoms with Gasteiger partial charge in [0, 0.05) is 31.8 Å². The maximum atomic E-state index is 12.2. The van der Waals surface area contributed by atoms with Crippen molar-refractivity contribution in [2.75, 3.05) is 39.5 Å². The monoisotopic (exact) mass is 366 g/mol. The minimum atomic E-state index is -0.366. The first-order valence-electron chi connectivity index (χ1n) is 8.78. The minimum absolute atomic E-state index is 0.0134. The lowest BCUT2D eigenvalue weighted by molar-refractivity contribution is -0.140. The van der Waals surface area contributed by atoms with Gasteiger partial charge in [0.2, 0.25) is 25.7 Å². The lowest BCUT2D eigenvalue weighted by Crippen LogP contribution is -2.37. The van der Waals surface area contributed by atoms with Gasteiger partial charge in [0.05, 0.1) is 19.8 Å². The number of hydrogen-bond acceptors (Lipinski definition) is 6. The summed E-state index contributed by atoms with van der Waals surface area (Å²) in [5, 5.41) is 0. The van der Waals surface area contributed by atoms with Crippen molar-refractivity contribution in [3.8, 4) is 0 Å². The molecule has 1 rings (SSSR count). The predicted octanol–water partition coefficient (Wildman–Crippen LogP) is -0.0581. The van der Waals surface area contributed by atoms with Crippen molar-refractivity contribution >= 4 is 31.5 Å². The quantitative estimate of drug-likeness (QED) is 0.273. The Morgan fingerprint density at radius 3 is 2.46 bits per heavy atom. The molecule has 3 amide bonds. The average molecular weight is 366 g/mol. The molecule has 26 heavy (non-hydrogen) atoms. The Morgan fingerprint density at radius 1 is 1.23 bits per heavy atom. The fourth-order valence-corrected chi connectivity index (χ4v) is 2.54. The molecule has 1 atom stereocenters. The lowest BCUT2D eigenvalue weighted by atomic mass is 9.94. The number of rotatable bonds is 12. The van der Waals surface area contributed by atoms with Crippen LogP contribution in [0.5, 0.6) is 0 Å². The average Bonchev–Trinajstić information content (AvgIpc) is 2.85. The van der Waals surface area contributed by atoms with Gasteiger partial charge in [-0.2, -0.15) is 0 Å². The van der Waals surface area contributed by atoms with Gasteiger partial charge in [0.15, 0.2) is 5.78 Å². The number of ether oxygens (including phenoxy) is 2. The van der Waals surface area contributed by atoms with Gasteiger partial charge in [-0.15, -0.1) is 0 Å². The Balaban J connectivity index is 2.21. The van der Waals surface area contributed by atoms with Gasteiger partial charge in [0.25, 0.3) is 0 Å². The van der Waals surface area contributed by atoms with E-state index >= 15 is 0 Å². The second kappa shape index (κ2) is 11.1. The third kappa shape index (κ3) is 7.25. The molecule has 144 valence electrons. The summed E-state index contributed by atoms with van der Waals surface area (Å²) in [6.45, 7) is 6.32. The molecule has 1 unspecified atom stereocenters. The summed E-state index contributed by atoms with van der Waals surface area (Å²) in [5.41, 5.74) is 0. The van der Waals surface area contributed by atoms with Crippen LogP contribution in [0.3, 0.4) is 0 Å². The number of imide groups is 1. The third-order valence-electron chi connectivity index (χ3n) is 4.11. The number of likely N-dealkylation sites (tertiary alicyclic amines) is 1. The molecule has 1 aliphatic rings. The Kier molecular flexibility index (Phi) is 9.50. The molecule has 0 spiro atoms. The van der Waals surface area contributed by atoms with Crippen molar-refractivity contribution in [3.63, 3.8) is 0 Å². The predicted molar refractivity (Wildman–Crippen MR) is 94.1 cm³/mol. The summed E-state index contributed by atoms with van der Waals surface area (Å²) < 4.78 is 10.3. The van der Waals surface area contributed by atoms with E-state index in [0.29, 0.717) is 6.61 Å². The summed E-state index contributed by atoms with van der Waals surface area (Å²) in [7, 11) is 5.67.